The van der Waals surface area contributed by atoms with Crippen molar-refractivity contribution in [2.75, 3.05) is 5.32 Å². The standard InChI is InChI=1S/C18H18N6O/c19-9-12-1-6-17-21-10-15(24(17)11-12)18-20-8-7-16(23-18)22-13-2-4-14(25)5-3-13/h1,6-8,10-11,13-14,25H,2-5H2,(H,20,22,23)/t13-,14-. The molecule has 0 amide bonds. The Hall–Kier alpha value is -2.98. The second kappa shape index (κ2) is 6.49. The van der Waals surface area contributed by atoms with E-state index in [2.05, 4.69) is 26.3 Å². The molecule has 0 bridgehead atoms. The molecule has 0 saturated heterocycles. The first-order valence-electron chi connectivity index (χ1n) is 8.38. The van der Waals surface area contributed by atoms with E-state index in [1.807, 2.05) is 10.5 Å². The van der Waals surface area contributed by atoms with E-state index in [0.717, 1.165) is 42.8 Å². The third-order valence-corrected chi connectivity index (χ3v) is 4.57. The first kappa shape index (κ1) is 15.5. The van der Waals surface area contributed by atoms with Crippen LogP contribution in [0.3, 0.4) is 0 Å². The third kappa shape index (κ3) is 3.16. The van der Waals surface area contributed by atoms with Crippen molar-refractivity contribution in [3.05, 3.63) is 42.4 Å². The van der Waals surface area contributed by atoms with Gasteiger partial charge in [-0.2, -0.15) is 5.26 Å². The highest BCUT2D eigenvalue weighted by Gasteiger charge is 2.19. The van der Waals surface area contributed by atoms with Crippen molar-refractivity contribution >= 4 is 11.5 Å². The van der Waals surface area contributed by atoms with E-state index in [1.165, 1.54) is 0 Å². The number of aliphatic hydroxyl groups excluding tert-OH is 1. The predicted molar refractivity (Wildman–Crippen MR) is 92.8 cm³/mol. The lowest BCUT2D eigenvalue weighted by atomic mass is 9.93. The van der Waals surface area contributed by atoms with Crippen molar-refractivity contribution in [3.63, 3.8) is 0 Å². The summed E-state index contributed by atoms with van der Waals surface area (Å²) in [5.74, 6) is 1.32. The molecule has 25 heavy (non-hydrogen) atoms. The topological polar surface area (TPSA) is 99.1 Å². The van der Waals surface area contributed by atoms with E-state index in [4.69, 9.17) is 5.26 Å². The molecule has 0 aliphatic heterocycles. The van der Waals surface area contributed by atoms with Crippen molar-refractivity contribution in [2.24, 2.45) is 0 Å². The Morgan fingerprint density at radius 3 is 2.80 bits per heavy atom. The maximum absolute atomic E-state index is 9.62. The van der Waals surface area contributed by atoms with Crippen LogP contribution < -0.4 is 5.32 Å². The highest BCUT2D eigenvalue weighted by Crippen LogP contribution is 2.23. The number of anilines is 1. The average molecular weight is 334 g/mol. The smallest absolute Gasteiger partial charge is 0.180 e. The molecule has 0 radical (unpaired) electrons. The number of fused-ring (bicyclic) bond motifs is 1. The summed E-state index contributed by atoms with van der Waals surface area (Å²) in [5, 5.41) is 22.1. The van der Waals surface area contributed by atoms with Gasteiger partial charge in [0.05, 0.1) is 17.9 Å². The van der Waals surface area contributed by atoms with Gasteiger partial charge in [0.2, 0.25) is 0 Å². The molecule has 0 atom stereocenters. The van der Waals surface area contributed by atoms with E-state index in [1.54, 1.807) is 30.7 Å². The lowest BCUT2D eigenvalue weighted by Crippen LogP contribution is -2.28. The third-order valence-electron chi connectivity index (χ3n) is 4.57. The van der Waals surface area contributed by atoms with Crippen LogP contribution in [0.5, 0.6) is 0 Å². The zero-order valence-corrected chi connectivity index (χ0v) is 13.6. The highest BCUT2D eigenvalue weighted by atomic mass is 16.3. The lowest BCUT2D eigenvalue weighted by Gasteiger charge is -2.26. The molecule has 1 saturated carbocycles. The van der Waals surface area contributed by atoms with Gasteiger partial charge in [0.1, 0.15) is 23.2 Å². The largest absolute Gasteiger partial charge is 0.393 e. The first-order valence-corrected chi connectivity index (χ1v) is 8.38. The molecule has 3 aromatic heterocycles. The van der Waals surface area contributed by atoms with Crippen molar-refractivity contribution in [1.29, 1.82) is 5.26 Å². The van der Waals surface area contributed by atoms with Crippen LogP contribution in [0.15, 0.2) is 36.8 Å². The maximum Gasteiger partial charge on any atom is 0.180 e. The number of aromatic nitrogens is 4. The van der Waals surface area contributed by atoms with Gasteiger partial charge in [-0.15, -0.1) is 0 Å². The molecule has 2 N–H and O–H groups in total. The summed E-state index contributed by atoms with van der Waals surface area (Å²) in [6.45, 7) is 0. The van der Waals surface area contributed by atoms with Crippen LogP contribution in [0.25, 0.3) is 17.2 Å². The van der Waals surface area contributed by atoms with Crippen LogP contribution in [0.2, 0.25) is 0 Å². The highest BCUT2D eigenvalue weighted by molar-refractivity contribution is 5.59. The van der Waals surface area contributed by atoms with E-state index in [0.29, 0.717) is 17.4 Å². The zero-order chi connectivity index (χ0) is 17.2. The van der Waals surface area contributed by atoms with Gasteiger partial charge in [0.15, 0.2) is 5.82 Å². The number of nitrogens with one attached hydrogen (secondary N) is 1. The Labute approximate surface area is 145 Å². The van der Waals surface area contributed by atoms with E-state index >= 15 is 0 Å². The fourth-order valence-electron chi connectivity index (χ4n) is 3.20. The summed E-state index contributed by atoms with van der Waals surface area (Å²) in [5.41, 5.74) is 2.05. The van der Waals surface area contributed by atoms with E-state index < -0.39 is 0 Å². The second-order valence-corrected chi connectivity index (χ2v) is 6.32. The number of hydrogen-bond donors (Lipinski definition) is 2. The summed E-state index contributed by atoms with van der Waals surface area (Å²) >= 11 is 0. The molecule has 1 aliphatic carbocycles. The molecule has 0 spiro atoms. The minimum Gasteiger partial charge on any atom is -0.393 e. The molecule has 4 rings (SSSR count). The van der Waals surface area contributed by atoms with Crippen molar-refractivity contribution in [3.8, 4) is 17.6 Å². The Kier molecular flexibility index (Phi) is 4.04. The summed E-state index contributed by atoms with van der Waals surface area (Å²) in [6, 6.07) is 7.84. The van der Waals surface area contributed by atoms with Crippen molar-refractivity contribution in [2.45, 2.75) is 37.8 Å². The van der Waals surface area contributed by atoms with Gasteiger partial charge in [-0.05, 0) is 43.9 Å². The monoisotopic (exact) mass is 334 g/mol. The normalized spacial score (nSPS) is 20.3. The average Bonchev–Trinajstić information content (AvgIpc) is 3.07. The Bertz CT molecular complexity index is 936. The molecular formula is C18H18N6O. The van der Waals surface area contributed by atoms with Gasteiger partial charge in [-0.1, -0.05) is 0 Å². The molecule has 126 valence electrons. The summed E-state index contributed by atoms with van der Waals surface area (Å²) in [4.78, 5) is 13.3. The van der Waals surface area contributed by atoms with E-state index in [9.17, 15) is 5.11 Å². The first-order chi connectivity index (χ1) is 12.2. The SMILES string of the molecule is N#Cc1ccc2ncc(-c3nccc(N[C@H]4CC[C@H](O)CC4)n3)n2c1. The molecule has 0 unspecified atom stereocenters. The molecule has 7 nitrogen and oxygen atoms in total. The van der Waals surface area contributed by atoms with Crippen LogP contribution in [0.1, 0.15) is 31.2 Å². The van der Waals surface area contributed by atoms with Crippen LogP contribution in [-0.2, 0) is 0 Å². The summed E-state index contributed by atoms with van der Waals surface area (Å²) in [6.07, 6.45) is 8.50. The molecule has 3 aromatic rings. The minimum atomic E-state index is -0.175. The molecule has 7 heteroatoms. The van der Waals surface area contributed by atoms with Gasteiger partial charge < -0.3 is 10.4 Å². The minimum absolute atomic E-state index is 0.175. The Morgan fingerprint density at radius 2 is 2.00 bits per heavy atom. The molecular weight excluding hydrogens is 316 g/mol. The maximum atomic E-state index is 9.62. The summed E-state index contributed by atoms with van der Waals surface area (Å²) < 4.78 is 1.83. The molecule has 1 aliphatic rings. The molecule has 0 aromatic carbocycles. The molecule has 3 heterocycles. The fraction of sp³-hybridized carbons (Fsp3) is 0.333. The van der Waals surface area contributed by atoms with Gasteiger partial charge in [0.25, 0.3) is 0 Å². The van der Waals surface area contributed by atoms with Crippen LogP contribution in [0.4, 0.5) is 5.82 Å². The number of nitriles is 1. The van der Waals surface area contributed by atoms with Crippen molar-refractivity contribution < 1.29 is 5.11 Å². The Balaban J connectivity index is 1.62. The number of nitrogens with zero attached hydrogens (tertiary/aromatic N) is 5. The number of aliphatic hydroxyl groups is 1. The predicted octanol–water partition coefficient (Wildman–Crippen LogP) is 2.38. The van der Waals surface area contributed by atoms with Gasteiger partial charge in [0, 0.05) is 18.4 Å². The lowest BCUT2D eigenvalue weighted by molar-refractivity contribution is 0.126. The Morgan fingerprint density at radius 1 is 1.16 bits per heavy atom. The fourth-order valence-corrected chi connectivity index (χ4v) is 3.20. The van der Waals surface area contributed by atoms with Crippen LogP contribution in [0, 0.1) is 11.3 Å². The number of rotatable bonds is 3. The van der Waals surface area contributed by atoms with Crippen molar-refractivity contribution in [1.82, 2.24) is 19.4 Å². The van der Waals surface area contributed by atoms with Crippen LogP contribution >= 0.6 is 0 Å². The molecule has 1 fully saturated rings. The summed E-state index contributed by atoms with van der Waals surface area (Å²) in [7, 11) is 0. The van der Waals surface area contributed by atoms with Gasteiger partial charge >= 0.3 is 0 Å². The van der Waals surface area contributed by atoms with E-state index in [-0.39, 0.29) is 6.10 Å². The van der Waals surface area contributed by atoms with Gasteiger partial charge in [-0.3, -0.25) is 4.40 Å². The zero-order valence-electron chi connectivity index (χ0n) is 13.6. The van der Waals surface area contributed by atoms with Gasteiger partial charge in [-0.25, -0.2) is 15.0 Å². The quantitative estimate of drug-likeness (QED) is 0.763. The number of pyridine rings is 1. The number of imidazole rings is 1. The van der Waals surface area contributed by atoms with Crippen LogP contribution in [-0.4, -0.2) is 36.6 Å². The number of hydrogen-bond acceptors (Lipinski definition) is 6. The second-order valence-electron chi connectivity index (χ2n) is 6.32.